The summed E-state index contributed by atoms with van der Waals surface area (Å²) < 4.78 is 9.98. The number of nitrogens with one attached hydrogen (secondary N) is 1. The van der Waals surface area contributed by atoms with Crippen LogP contribution in [-0.4, -0.2) is 48.4 Å². The number of aryl methyl sites for hydroxylation is 1. The SMILES string of the molecule is O=C1NCc2ccccc2OCc2cn(nn2)CCCC12CCN(Cc1cccn1-c1ccc(Cl)cn1)CC2. The average Bonchev–Trinajstić information content (AvgIpc) is 3.61. The highest BCUT2D eigenvalue weighted by atomic mass is 35.5. The molecule has 0 unspecified atom stereocenters. The smallest absolute Gasteiger partial charge is 0.226 e. The second kappa shape index (κ2) is 11.2. The first-order valence-corrected chi connectivity index (χ1v) is 13.8. The Balaban J connectivity index is 1.17. The fourth-order valence-electron chi connectivity index (χ4n) is 5.64. The Bertz CT molecular complexity index is 1420. The zero-order valence-corrected chi connectivity index (χ0v) is 22.6. The lowest BCUT2D eigenvalue weighted by Gasteiger charge is -2.41. The number of aromatic nitrogens is 5. The maximum Gasteiger partial charge on any atom is 0.226 e. The van der Waals surface area contributed by atoms with Crippen LogP contribution in [0.2, 0.25) is 5.02 Å². The molecule has 4 aromatic rings. The predicted octanol–water partition coefficient (Wildman–Crippen LogP) is 4.39. The molecule has 0 radical (unpaired) electrons. The zero-order chi connectivity index (χ0) is 26.7. The van der Waals surface area contributed by atoms with E-state index in [4.69, 9.17) is 16.3 Å². The number of carbonyl (C=O) groups excluding carboxylic acids is 1. The van der Waals surface area contributed by atoms with Crippen LogP contribution in [0.4, 0.5) is 0 Å². The van der Waals surface area contributed by atoms with Gasteiger partial charge in [-0.3, -0.25) is 14.4 Å². The number of halogens is 1. The Morgan fingerprint density at radius 1 is 1.03 bits per heavy atom. The first-order chi connectivity index (χ1) is 19.1. The highest BCUT2D eigenvalue weighted by molar-refractivity contribution is 6.30. The molecule has 39 heavy (non-hydrogen) atoms. The molecule has 1 fully saturated rings. The van der Waals surface area contributed by atoms with Crippen LogP contribution in [0, 0.1) is 5.41 Å². The van der Waals surface area contributed by atoms with Crippen LogP contribution >= 0.6 is 11.6 Å². The maximum absolute atomic E-state index is 13.8. The lowest BCUT2D eigenvalue weighted by Crippen LogP contribution is -2.48. The number of pyridine rings is 1. The standard InChI is InChI=1S/C29H32ClN7O2/c30-23-8-9-27(31-18-23)37-14-3-6-25(37)20-35-15-11-29(12-16-35)10-4-13-36-19-24(33-34-36)21-39-26-7-2-1-5-22(26)17-32-28(29)38/h1-3,5-9,14,18-19H,4,10-13,15-17,20-21H2,(H,32,38). The van der Waals surface area contributed by atoms with Crippen molar-refractivity contribution in [3.63, 3.8) is 0 Å². The molecule has 0 atom stereocenters. The molecule has 1 N–H and O–H groups in total. The van der Waals surface area contributed by atoms with Gasteiger partial charge in [-0.15, -0.1) is 5.10 Å². The van der Waals surface area contributed by atoms with Crippen LogP contribution in [-0.2, 0) is 31.0 Å². The monoisotopic (exact) mass is 545 g/mol. The van der Waals surface area contributed by atoms with E-state index in [9.17, 15) is 4.79 Å². The fourth-order valence-corrected chi connectivity index (χ4v) is 5.75. The van der Waals surface area contributed by atoms with Crippen molar-refractivity contribution >= 4 is 17.5 Å². The maximum atomic E-state index is 13.8. The molecule has 1 spiro atoms. The highest BCUT2D eigenvalue weighted by Crippen LogP contribution is 2.38. The summed E-state index contributed by atoms with van der Waals surface area (Å²) in [5.41, 5.74) is 2.50. The first-order valence-electron chi connectivity index (χ1n) is 13.5. The third-order valence-electron chi connectivity index (χ3n) is 7.89. The van der Waals surface area contributed by atoms with Gasteiger partial charge in [-0.2, -0.15) is 0 Å². The summed E-state index contributed by atoms with van der Waals surface area (Å²) in [5.74, 6) is 1.73. The summed E-state index contributed by atoms with van der Waals surface area (Å²) in [6.07, 6.45) is 8.92. The first kappa shape index (κ1) is 25.6. The summed E-state index contributed by atoms with van der Waals surface area (Å²) in [7, 11) is 0. The number of ether oxygens (including phenoxy) is 1. The largest absolute Gasteiger partial charge is 0.487 e. The molecule has 0 saturated carbocycles. The topological polar surface area (TPSA) is 90.1 Å². The summed E-state index contributed by atoms with van der Waals surface area (Å²) in [5, 5.41) is 12.4. The van der Waals surface area contributed by atoms with Gasteiger partial charge in [0, 0.05) is 43.3 Å². The number of para-hydroxylation sites is 1. The van der Waals surface area contributed by atoms with Crippen LogP contribution in [0.5, 0.6) is 5.75 Å². The van der Waals surface area contributed by atoms with Gasteiger partial charge in [0.2, 0.25) is 5.91 Å². The van der Waals surface area contributed by atoms with Crippen molar-refractivity contribution < 1.29 is 9.53 Å². The van der Waals surface area contributed by atoms with Gasteiger partial charge in [0.25, 0.3) is 0 Å². The van der Waals surface area contributed by atoms with Gasteiger partial charge in [-0.25, -0.2) is 4.98 Å². The third kappa shape index (κ3) is 5.69. The lowest BCUT2D eigenvalue weighted by molar-refractivity contribution is -0.135. The van der Waals surface area contributed by atoms with E-state index >= 15 is 0 Å². The second-order valence-electron chi connectivity index (χ2n) is 10.4. The third-order valence-corrected chi connectivity index (χ3v) is 8.11. The van der Waals surface area contributed by atoms with Crippen LogP contribution < -0.4 is 10.1 Å². The molecule has 2 aliphatic heterocycles. The van der Waals surface area contributed by atoms with Crippen molar-refractivity contribution in [2.24, 2.45) is 5.41 Å². The number of amides is 1. The minimum atomic E-state index is -0.417. The van der Waals surface area contributed by atoms with Gasteiger partial charge in [-0.1, -0.05) is 35.0 Å². The summed E-state index contributed by atoms with van der Waals surface area (Å²) in [6, 6.07) is 15.8. The van der Waals surface area contributed by atoms with E-state index < -0.39 is 5.41 Å². The van der Waals surface area contributed by atoms with Crippen molar-refractivity contribution in [2.75, 3.05) is 13.1 Å². The number of piperidine rings is 1. The van der Waals surface area contributed by atoms with Crippen molar-refractivity contribution in [1.29, 1.82) is 0 Å². The summed E-state index contributed by atoms with van der Waals surface area (Å²) >= 11 is 6.03. The number of rotatable bonds is 3. The minimum Gasteiger partial charge on any atom is -0.487 e. The lowest BCUT2D eigenvalue weighted by atomic mass is 9.73. The fraction of sp³-hybridized carbons (Fsp3) is 0.379. The van der Waals surface area contributed by atoms with Gasteiger partial charge in [0.05, 0.1) is 16.6 Å². The normalized spacial score (nSPS) is 18.1. The van der Waals surface area contributed by atoms with E-state index in [1.165, 1.54) is 0 Å². The summed E-state index contributed by atoms with van der Waals surface area (Å²) in [4.78, 5) is 20.7. The number of hydrogen-bond acceptors (Lipinski definition) is 6. The predicted molar refractivity (Wildman–Crippen MR) is 147 cm³/mol. The molecule has 5 heterocycles. The number of nitrogens with zero attached hydrogens (tertiary/aromatic N) is 6. The zero-order valence-electron chi connectivity index (χ0n) is 21.8. The molecule has 9 nitrogen and oxygen atoms in total. The van der Waals surface area contributed by atoms with Crippen molar-refractivity contribution in [2.45, 2.75) is 51.9 Å². The number of hydrogen-bond donors (Lipinski definition) is 1. The minimum absolute atomic E-state index is 0.127. The molecule has 0 aliphatic carbocycles. The van der Waals surface area contributed by atoms with Gasteiger partial charge in [-0.05, 0) is 69.1 Å². The highest BCUT2D eigenvalue weighted by Gasteiger charge is 2.41. The molecule has 3 aromatic heterocycles. The van der Waals surface area contributed by atoms with E-state index in [-0.39, 0.29) is 5.91 Å². The number of carbonyl (C=O) groups is 1. The average molecular weight is 546 g/mol. The Morgan fingerprint density at radius 2 is 1.90 bits per heavy atom. The van der Waals surface area contributed by atoms with Gasteiger partial charge >= 0.3 is 0 Å². The molecule has 6 rings (SSSR count). The van der Waals surface area contributed by atoms with E-state index in [0.717, 1.165) is 80.4 Å². The van der Waals surface area contributed by atoms with Crippen LogP contribution in [0.25, 0.3) is 5.82 Å². The van der Waals surface area contributed by atoms with Gasteiger partial charge in [0.1, 0.15) is 23.9 Å². The van der Waals surface area contributed by atoms with Crippen molar-refractivity contribution in [3.05, 3.63) is 89.1 Å². The van der Waals surface area contributed by atoms with Crippen LogP contribution in [0.3, 0.4) is 0 Å². The van der Waals surface area contributed by atoms with E-state index in [0.29, 0.717) is 18.2 Å². The van der Waals surface area contributed by atoms with Gasteiger partial charge in [0.15, 0.2) is 0 Å². The van der Waals surface area contributed by atoms with Gasteiger partial charge < -0.3 is 14.6 Å². The van der Waals surface area contributed by atoms with E-state index in [1.807, 2.05) is 59.5 Å². The molecule has 1 saturated heterocycles. The molecule has 202 valence electrons. The molecule has 10 heteroatoms. The Kier molecular flexibility index (Phi) is 7.34. The second-order valence-corrected chi connectivity index (χ2v) is 10.9. The molecule has 1 amide bonds. The summed E-state index contributed by atoms with van der Waals surface area (Å²) in [6.45, 7) is 4.00. The quantitative estimate of drug-likeness (QED) is 0.411. The Labute approximate surface area is 232 Å². The number of likely N-dealkylation sites (tertiary alicyclic amines) is 1. The molecule has 2 aliphatic rings. The van der Waals surface area contributed by atoms with E-state index in [2.05, 4.69) is 36.1 Å². The van der Waals surface area contributed by atoms with Crippen molar-refractivity contribution in [3.8, 4) is 11.6 Å². The molecule has 2 bridgehead atoms. The number of fused-ring (bicyclic) bond motifs is 3. The number of benzene rings is 1. The van der Waals surface area contributed by atoms with Crippen LogP contribution in [0.1, 0.15) is 42.6 Å². The van der Waals surface area contributed by atoms with Crippen molar-refractivity contribution in [1.82, 2.24) is 34.8 Å². The van der Waals surface area contributed by atoms with Crippen LogP contribution in [0.15, 0.2) is 67.1 Å². The Morgan fingerprint density at radius 3 is 2.74 bits per heavy atom. The van der Waals surface area contributed by atoms with E-state index in [1.54, 1.807) is 6.20 Å². The Hall–Kier alpha value is -3.69. The molecular weight excluding hydrogens is 514 g/mol. The molecule has 1 aromatic carbocycles. The molecular formula is C29H32ClN7O2.